The molecule has 8 nitrogen and oxygen atoms in total. The molecule has 0 radical (unpaired) electrons. The van der Waals surface area contributed by atoms with E-state index in [-0.39, 0.29) is 18.7 Å². The Morgan fingerprint density at radius 1 is 0.909 bits per heavy atom. The summed E-state index contributed by atoms with van der Waals surface area (Å²) in [5.74, 6) is -0.306. The number of nitrogens with one attached hydrogen (secondary N) is 1. The molecule has 0 atom stereocenters. The zero-order chi connectivity index (χ0) is 23.6. The van der Waals surface area contributed by atoms with Crippen LogP contribution in [0, 0.1) is 0 Å². The Labute approximate surface area is 194 Å². The molecule has 0 spiro atoms. The molecule has 4 amide bonds. The van der Waals surface area contributed by atoms with Crippen molar-refractivity contribution in [1.29, 1.82) is 0 Å². The van der Waals surface area contributed by atoms with E-state index in [1.165, 1.54) is 4.90 Å². The Hall–Kier alpha value is -3.39. The number of carbonyl (C=O) groups excluding carboxylic acids is 3. The Morgan fingerprint density at radius 2 is 1.42 bits per heavy atom. The van der Waals surface area contributed by atoms with Crippen molar-refractivity contribution in [2.24, 2.45) is 0 Å². The standard InChI is InChI=1S/C25H30N4O4/c1-24(2,3)33-23(32)28-16-14-27(15-17-28)18-29-21(30)25(26-22(29)31,19-10-6-4-7-11-19)20-12-8-5-9-13-20/h4-13H,14-18H2,1-3H3,(H,26,31). The van der Waals surface area contributed by atoms with E-state index in [1.807, 2.05) is 86.3 Å². The number of hydrogen-bond donors (Lipinski definition) is 1. The van der Waals surface area contributed by atoms with Gasteiger partial charge in [-0.3, -0.25) is 9.69 Å². The van der Waals surface area contributed by atoms with Gasteiger partial charge in [-0.25, -0.2) is 14.5 Å². The molecule has 2 saturated heterocycles. The van der Waals surface area contributed by atoms with E-state index in [1.54, 1.807) is 4.90 Å². The van der Waals surface area contributed by atoms with Crippen molar-refractivity contribution in [3.05, 3.63) is 71.8 Å². The second kappa shape index (κ2) is 8.86. The van der Waals surface area contributed by atoms with Gasteiger partial charge in [0.1, 0.15) is 5.60 Å². The van der Waals surface area contributed by atoms with E-state index in [9.17, 15) is 14.4 Å². The molecular formula is C25H30N4O4. The van der Waals surface area contributed by atoms with Crippen LogP contribution >= 0.6 is 0 Å². The predicted octanol–water partition coefficient (Wildman–Crippen LogP) is 2.99. The van der Waals surface area contributed by atoms with Crippen molar-refractivity contribution in [3.63, 3.8) is 0 Å². The minimum Gasteiger partial charge on any atom is -0.444 e. The maximum absolute atomic E-state index is 13.8. The Morgan fingerprint density at radius 3 is 1.91 bits per heavy atom. The third-order valence-corrected chi connectivity index (χ3v) is 5.88. The fourth-order valence-electron chi connectivity index (χ4n) is 4.24. The zero-order valence-electron chi connectivity index (χ0n) is 19.3. The highest BCUT2D eigenvalue weighted by Gasteiger charge is 2.54. The largest absolute Gasteiger partial charge is 0.444 e. The van der Waals surface area contributed by atoms with Crippen LogP contribution in [0.15, 0.2) is 60.7 Å². The van der Waals surface area contributed by atoms with Crippen LogP contribution in [0.4, 0.5) is 9.59 Å². The quantitative estimate of drug-likeness (QED) is 0.725. The zero-order valence-corrected chi connectivity index (χ0v) is 19.3. The summed E-state index contributed by atoms with van der Waals surface area (Å²) in [6.07, 6.45) is -0.343. The van der Waals surface area contributed by atoms with Crippen LogP contribution in [0.3, 0.4) is 0 Å². The van der Waals surface area contributed by atoms with Crippen LogP contribution < -0.4 is 5.32 Å². The van der Waals surface area contributed by atoms with Crippen molar-refractivity contribution >= 4 is 18.0 Å². The number of nitrogens with zero attached hydrogens (tertiary/aromatic N) is 3. The lowest BCUT2D eigenvalue weighted by Crippen LogP contribution is -2.53. The van der Waals surface area contributed by atoms with Gasteiger partial charge in [-0.15, -0.1) is 0 Å². The molecule has 8 heteroatoms. The summed E-state index contributed by atoms with van der Waals surface area (Å²) in [5, 5.41) is 2.97. The molecule has 0 saturated carbocycles. The normalized spacial score (nSPS) is 18.9. The number of benzene rings is 2. The van der Waals surface area contributed by atoms with Gasteiger partial charge in [0.2, 0.25) is 0 Å². The third-order valence-electron chi connectivity index (χ3n) is 5.88. The van der Waals surface area contributed by atoms with Gasteiger partial charge in [0.05, 0.1) is 6.67 Å². The molecule has 2 aliphatic rings. The smallest absolute Gasteiger partial charge is 0.410 e. The molecule has 0 unspecified atom stereocenters. The molecule has 2 fully saturated rings. The Balaban J connectivity index is 1.50. The highest BCUT2D eigenvalue weighted by atomic mass is 16.6. The average molecular weight is 451 g/mol. The van der Waals surface area contributed by atoms with Gasteiger partial charge in [0.15, 0.2) is 5.54 Å². The number of amides is 4. The predicted molar refractivity (Wildman–Crippen MR) is 123 cm³/mol. The van der Waals surface area contributed by atoms with E-state index in [2.05, 4.69) is 5.32 Å². The molecule has 174 valence electrons. The van der Waals surface area contributed by atoms with Crippen molar-refractivity contribution in [3.8, 4) is 0 Å². The van der Waals surface area contributed by atoms with Gasteiger partial charge >= 0.3 is 12.1 Å². The van der Waals surface area contributed by atoms with Crippen molar-refractivity contribution in [2.45, 2.75) is 31.9 Å². The van der Waals surface area contributed by atoms with Crippen LogP contribution in [-0.2, 0) is 15.1 Å². The van der Waals surface area contributed by atoms with Crippen LogP contribution in [0.1, 0.15) is 31.9 Å². The fourth-order valence-corrected chi connectivity index (χ4v) is 4.24. The van der Waals surface area contributed by atoms with Gasteiger partial charge < -0.3 is 15.0 Å². The number of imide groups is 1. The number of carbonyl (C=O) groups is 3. The number of rotatable bonds is 4. The van der Waals surface area contributed by atoms with Crippen molar-refractivity contribution < 1.29 is 19.1 Å². The molecule has 0 aliphatic carbocycles. The summed E-state index contributed by atoms with van der Waals surface area (Å²) < 4.78 is 5.45. The minimum atomic E-state index is -1.27. The third kappa shape index (κ3) is 4.57. The molecular weight excluding hydrogens is 420 g/mol. The van der Waals surface area contributed by atoms with Gasteiger partial charge in [-0.05, 0) is 31.9 Å². The number of hydrogen-bond acceptors (Lipinski definition) is 5. The van der Waals surface area contributed by atoms with Gasteiger partial charge in [-0.1, -0.05) is 60.7 Å². The fraction of sp³-hybridized carbons (Fsp3) is 0.400. The lowest BCUT2D eigenvalue weighted by molar-refractivity contribution is -0.132. The molecule has 2 aliphatic heterocycles. The second-order valence-corrected chi connectivity index (χ2v) is 9.37. The molecule has 1 N–H and O–H groups in total. The van der Waals surface area contributed by atoms with Gasteiger partial charge in [-0.2, -0.15) is 0 Å². The summed E-state index contributed by atoms with van der Waals surface area (Å²) >= 11 is 0. The summed E-state index contributed by atoms with van der Waals surface area (Å²) in [5.41, 5.74) is -0.386. The van der Waals surface area contributed by atoms with E-state index >= 15 is 0 Å². The molecule has 2 aromatic carbocycles. The second-order valence-electron chi connectivity index (χ2n) is 9.37. The SMILES string of the molecule is CC(C)(C)OC(=O)N1CCN(CN2C(=O)NC(c3ccccc3)(c3ccccc3)C2=O)CC1. The topological polar surface area (TPSA) is 82.2 Å². The first kappa shape index (κ1) is 22.8. The van der Waals surface area contributed by atoms with E-state index in [0.717, 1.165) is 0 Å². The van der Waals surface area contributed by atoms with E-state index in [4.69, 9.17) is 4.74 Å². The Bertz CT molecular complexity index is 972. The molecule has 2 aromatic rings. The van der Waals surface area contributed by atoms with E-state index < -0.39 is 17.2 Å². The van der Waals surface area contributed by atoms with Gasteiger partial charge in [0, 0.05) is 26.2 Å². The van der Waals surface area contributed by atoms with Crippen molar-refractivity contribution in [1.82, 2.24) is 20.0 Å². The first-order valence-electron chi connectivity index (χ1n) is 11.2. The van der Waals surface area contributed by atoms with Crippen LogP contribution in [0.2, 0.25) is 0 Å². The monoisotopic (exact) mass is 450 g/mol. The summed E-state index contributed by atoms with van der Waals surface area (Å²) in [7, 11) is 0. The first-order valence-corrected chi connectivity index (χ1v) is 11.2. The highest BCUT2D eigenvalue weighted by molar-refractivity contribution is 6.09. The maximum Gasteiger partial charge on any atom is 0.410 e. The van der Waals surface area contributed by atoms with E-state index in [0.29, 0.717) is 37.3 Å². The van der Waals surface area contributed by atoms with Crippen LogP contribution in [-0.4, -0.2) is 71.2 Å². The summed E-state index contributed by atoms with van der Waals surface area (Å²) in [4.78, 5) is 44.1. The number of piperazine rings is 1. The molecule has 33 heavy (non-hydrogen) atoms. The molecule has 4 rings (SSSR count). The van der Waals surface area contributed by atoms with Crippen LogP contribution in [0.5, 0.6) is 0 Å². The maximum atomic E-state index is 13.8. The van der Waals surface area contributed by atoms with Crippen LogP contribution in [0.25, 0.3) is 0 Å². The lowest BCUT2D eigenvalue weighted by Gasteiger charge is -2.36. The molecule has 0 bridgehead atoms. The minimum absolute atomic E-state index is 0.161. The number of ether oxygens (including phenoxy) is 1. The van der Waals surface area contributed by atoms with Crippen molar-refractivity contribution in [2.75, 3.05) is 32.8 Å². The number of urea groups is 1. The highest BCUT2D eigenvalue weighted by Crippen LogP contribution is 2.36. The summed E-state index contributed by atoms with van der Waals surface area (Å²) in [6.45, 7) is 7.70. The Kier molecular flexibility index (Phi) is 6.12. The van der Waals surface area contributed by atoms with Gasteiger partial charge in [0.25, 0.3) is 5.91 Å². The first-order chi connectivity index (χ1) is 15.7. The molecule has 2 heterocycles. The summed E-state index contributed by atoms with van der Waals surface area (Å²) in [6, 6.07) is 18.2. The lowest BCUT2D eigenvalue weighted by atomic mass is 9.83. The average Bonchev–Trinajstić information content (AvgIpc) is 3.05. The molecule has 0 aromatic heterocycles.